The number of nitrogens with one attached hydrogen (secondary N) is 2. The molecule has 0 aliphatic rings. The van der Waals surface area contributed by atoms with Crippen LogP contribution in [0.4, 0.5) is 5.69 Å². The maximum Gasteiger partial charge on any atom is 0.343 e. The molecule has 2 aromatic rings. The topological polar surface area (TPSA) is 125 Å². The van der Waals surface area contributed by atoms with Gasteiger partial charge in [-0.2, -0.15) is 5.10 Å². The molecule has 2 N–H and O–H groups in total. The van der Waals surface area contributed by atoms with Gasteiger partial charge in [-0.1, -0.05) is 12.1 Å². The number of methoxy groups -OCH3 is 3. The van der Waals surface area contributed by atoms with E-state index in [1.54, 1.807) is 36.4 Å². The number of rotatable bonds is 10. The van der Waals surface area contributed by atoms with Crippen LogP contribution in [0.2, 0.25) is 0 Å². The minimum absolute atomic E-state index is 0.286. The first-order valence-corrected chi connectivity index (χ1v) is 9.99. The van der Waals surface area contributed by atoms with Gasteiger partial charge < -0.3 is 24.3 Å². The van der Waals surface area contributed by atoms with Crippen LogP contribution in [0.25, 0.3) is 0 Å². The molecule has 0 saturated heterocycles. The first kappa shape index (κ1) is 24.7. The Bertz CT molecular complexity index is 1010. The van der Waals surface area contributed by atoms with Gasteiger partial charge in [0.25, 0.3) is 0 Å². The van der Waals surface area contributed by atoms with Crippen LogP contribution >= 0.6 is 15.9 Å². The summed E-state index contributed by atoms with van der Waals surface area (Å²) in [7, 11) is 4.18. The number of halogens is 1. The summed E-state index contributed by atoms with van der Waals surface area (Å²) < 4.78 is 20.9. The van der Waals surface area contributed by atoms with Gasteiger partial charge in [-0.25, -0.2) is 10.2 Å². The Balaban J connectivity index is 1.95. The van der Waals surface area contributed by atoms with Crippen LogP contribution in [0.3, 0.4) is 0 Å². The third kappa shape index (κ3) is 7.27. The van der Waals surface area contributed by atoms with Gasteiger partial charge in [0, 0.05) is 0 Å². The summed E-state index contributed by atoms with van der Waals surface area (Å²) in [6.07, 6.45) is 0.941. The molecular weight excluding hydrogens is 486 g/mol. The van der Waals surface area contributed by atoms with Crippen molar-refractivity contribution in [3.05, 3.63) is 46.4 Å². The highest BCUT2D eigenvalue weighted by molar-refractivity contribution is 9.10. The molecule has 0 aromatic heterocycles. The predicted molar refractivity (Wildman–Crippen MR) is 120 cm³/mol. The van der Waals surface area contributed by atoms with Crippen molar-refractivity contribution in [1.82, 2.24) is 5.43 Å². The van der Waals surface area contributed by atoms with Crippen LogP contribution in [-0.4, -0.2) is 51.9 Å². The molecule has 0 unspecified atom stereocenters. The number of esters is 1. The maximum absolute atomic E-state index is 12.1. The molecule has 2 aromatic carbocycles. The van der Waals surface area contributed by atoms with Crippen molar-refractivity contribution >= 4 is 45.6 Å². The lowest BCUT2D eigenvalue weighted by Gasteiger charge is -2.12. The van der Waals surface area contributed by atoms with Crippen molar-refractivity contribution in [3.63, 3.8) is 0 Å². The second kappa shape index (κ2) is 12.3. The monoisotopic (exact) mass is 507 g/mol. The number of carbonyl (C=O) groups is 3. The van der Waals surface area contributed by atoms with Gasteiger partial charge in [0.1, 0.15) is 12.2 Å². The summed E-state index contributed by atoms with van der Waals surface area (Å²) in [5.74, 6) is -0.518. The molecule has 0 aliphatic heterocycles. The average Bonchev–Trinajstić information content (AvgIpc) is 2.77. The second-order valence-corrected chi connectivity index (χ2v) is 6.97. The molecule has 0 heterocycles. The van der Waals surface area contributed by atoms with E-state index in [-0.39, 0.29) is 6.61 Å². The number of benzene rings is 2. The first-order chi connectivity index (χ1) is 15.4. The molecule has 2 rings (SSSR count). The largest absolute Gasteiger partial charge is 0.495 e. The summed E-state index contributed by atoms with van der Waals surface area (Å²) in [5.41, 5.74) is 3.31. The summed E-state index contributed by atoms with van der Waals surface area (Å²) in [6, 6.07) is 10.1. The standard InChI is InChI=1S/C21H22BrN3O7/c1-29-16-7-5-4-6-15(16)24-18(26)10-19(27)25-23-11-13-8-14(22)21(17(9-13)30-2)32-12-20(28)31-3/h4-9,11H,10,12H2,1-3H3,(H,24,26)(H,25,27). The van der Waals surface area contributed by atoms with Gasteiger partial charge in [0.15, 0.2) is 18.1 Å². The Morgan fingerprint density at radius 3 is 2.44 bits per heavy atom. The van der Waals surface area contributed by atoms with Crippen LogP contribution in [0, 0.1) is 0 Å². The minimum Gasteiger partial charge on any atom is -0.495 e. The van der Waals surface area contributed by atoms with E-state index in [0.29, 0.717) is 33.0 Å². The summed E-state index contributed by atoms with van der Waals surface area (Å²) >= 11 is 3.34. The Hall–Kier alpha value is -3.60. The van der Waals surface area contributed by atoms with Gasteiger partial charge in [0.05, 0.1) is 37.7 Å². The number of hydrazone groups is 1. The van der Waals surface area contributed by atoms with Crippen LogP contribution in [0.1, 0.15) is 12.0 Å². The number of carbonyl (C=O) groups excluding carboxylic acids is 3. The maximum atomic E-state index is 12.1. The molecule has 10 nitrogen and oxygen atoms in total. The number of hydrogen-bond donors (Lipinski definition) is 2. The molecule has 0 spiro atoms. The van der Waals surface area contributed by atoms with E-state index < -0.39 is 24.2 Å². The molecular formula is C21H22BrN3O7. The van der Waals surface area contributed by atoms with Crippen molar-refractivity contribution < 1.29 is 33.3 Å². The smallest absolute Gasteiger partial charge is 0.343 e. The van der Waals surface area contributed by atoms with Crippen LogP contribution in [0.15, 0.2) is 46.0 Å². The zero-order chi connectivity index (χ0) is 23.5. The lowest BCUT2D eigenvalue weighted by Crippen LogP contribution is -2.24. The van der Waals surface area contributed by atoms with E-state index in [4.69, 9.17) is 14.2 Å². The number of nitrogens with zero attached hydrogens (tertiary/aromatic N) is 1. The van der Waals surface area contributed by atoms with Crippen LogP contribution < -0.4 is 25.0 Å². The van der Waals surface area contributed by atoms with Gasteiger partial charge in [-0.15, -0.1) is 0 Å². The molecule has 0 fully saturated rings. The summed E-state index contributed by atoms with van der Waals surface area (Å²) in [6.45, 7) is -0.286. The van der Waals surface area contributed by atoms with Crippen molar-refractivity contribution in [3.8, 4) is 17.2 Å². The SMILES string of the molecule is COC(=O)COc1c(Br)cc(C=NNC(=O)CC(=O)Nc2ccccc2OC)cc1OC. The van der Waals surface area contributed by atoms with Gasteiger partial charge in [-0.05, 0) is 45.8 Å². The molecule has 2 amide bonds. The first-order valence-electron chi connectivity index (χ1n) is 9.19. The fourth-order valence-electron chi connectivity index (χ4n) is 2.45. The van der Waals surface area contributed by atoms with Gasteiger partial charge in [0.2, 0.25) is 11.8 Å². The van der Waals surface area contributed by atoms with E-state index in [1.165, 1.54) is 27.5 Å². The van der Waals surface area contributed by atoms with Crippen molar-refractivity contribution in [2.75, 3.05) is 33.3 Å². The lowest BCUT2D eigenvalue weighted by atomic mass is 10.2. The number of para-hydroxylation sites is 2. The Labute approximate surface area is 193 Å². The highest BCUT2D eigenvalue weighted by atomic mass is 79.9. The third-order valence-electron chi connectivity index (χ3n) is 3.92. The molecule has 0 radical (unpaired) electrons. The lowest BCUT2D eigenvalue weighted by molar-refractivity contribution is -0.143. The minimum atomic E-state index is -0.599. The quantitative estimate of drug-likeness (QED) is 0.219. The number of amides is 2. The Morgan fingerprint density at radius 2 is 1.75 bits per heavy atom. The van der Waals surface area contributed by atoms with E-state index in [2.05, 4.69) is 36.5 Å². The fourth-order valence-corrected chi connectivity index (χ4v) is 3.03. The molecule has 0 bridgehead atoms. The molecule has 0 aliphatic carbocycles. The number of ether oxygens (including phenoxy) is 4. The molecule has 0 saturated carbocycles. The van der Waals surface area contributed by atoms with Crippen molar-refractivity contribution in [2.45, 2.75) is 6.42 Å². The van der Waals surface area contributed by atoms with Crippen molar-refractivity contribution in [1.29, 1.82) is 0 Å². The molecule has 11 heteroatoms. The van der Waals surface area contributed by atoms with Gasteiger partial charge in [-0.3, -0.25) is 9.59 Å². The zero-order valence-corrected chi connectivity index (χ0v) is 19.2. The average molecular weight is 508 g/mol. The van der Waals surface area contributed by atoms with E-state index in [1.807, 2.05) is 0 Å². The predicted octanol–water partition coefficient (Wildman–Crippen LogP) is 2.50. The Morgan fingerprint density at radius 1 is 1.03 bits per heavy atom. The highest BCUT2D eigenvalue weighted by Gasteiger charge is 2.14. The zero-order valence-electron chi connectivity index (χ0n) is 17.6. The molecule has 0 atom stereocenters. The number of anilines is 1. The summed E-state index contributed by atoms with van der Waals surface area (Å²) in [5, 5.41) is 6.46. The third-order valence-corrected chi connectivity index (χ3v) is 4.51. The number of hydrogen-bond acceptors (Lipinski definition) is 8. The van der Waals surface area contributed by atoms with Gasteiger partial charge >= 0.3 is 5.97 Å². The normalized spacial score (nSPS) is 10.4. The highest BCUT2D eigenvalue weighted by Crippen LogP contribution is 2.36. The Kier molecular flexibility index (Phi) is 9.48. The van der Waals surface area contributed by atoms with Crippen LogP contribution in [-0.2, 0) is 19.1 Å². The molecule has 32 heavy (non-hydrogen) atoms. The van der Waals surface area contributed by atoms with E-state index in [0.717, 1.165) is 0 Å². The molecule has 170 valence electrons. The summed E-state index contributed by atoms with van der Waals surface area (Å²) in [4.78, 5) is 35.3. The van der Waals surface area contributed by atoms with E-state index >= 15 is 0 Å². The van der Waals surface area contributed by atoms with Crippen molar-refractivity contribution in [2.24, 2.45) is 5.10 Å². The second-order valence-electron chi connectivity index (χ2n) is 6.12. The fraction of sp³-hybridized carbons (Fsp3) is 0.238. The van der Waals surface area contributed by atoms with E-state index in [9.17, 15) is 14.4 Å². The van der Waals surface area contributed by atoms with Crippen LogP contribution in [0.5, 0.6) is 17.2 Å².